The number of nitrogens with two attached hydrogens (primary N) is 1. The fraction of sp³-hybridized carbons (Fsp3) is 1.00. The van der Waals surface area contributed by atoms with Crippen LogP contribution in [0.3, 0.4) is 0 Å². The summed E-state index contributed by atoms with van der Waals surface area (Å²) in [5.74, 6) is 0. The molecule has 0 amide bonds. The lowest BCUT2D eigenvalue weighted by atomic mass is 9.85. The van der Waals surface area contributed by atoms with E-state index in [1.165, 1.54) is 12.8 Å². The highest BCUT2D eigenvalue weighted by Crippen LogP contribution is 2.30. The molecular weight excluding hydrogens is 216 g/mol. The number of hydrogen-bond donors (Lipinski definition) is 1. The van der Waals surface area contributed by atoms with E-state index in [1.807, 2.05) is 0 Å². The van der Waals surface area contributed by atoms with E-state index in [2.05, 4.69) is 18.9 Å². The van der Waals surface area contributed by atoms with Crippen LogP contribution in [-0.4, -0.2) is 56.0 Å². The molecule has 3 unspecified atom stereocenters. The summed E-state index contributed by atoms with van der Waals surface area (Å²) in [6.07, 6.45) is 5.19. The van der Waals surface area contributed by atoms with Crippen LogP contribution >= 0.6 is 0 Å². The summed E-state index contributed by atoms with van der Waals surface area (Å²) in [7, 11) is 2.19. The van der Waals surface area contributed by atoms with Crippen molar-refractivity contribution in [2.24, 2.45) is 5.73 Å². The van der Waals surface area contributed by atoms with Crippen molar-refractivity contribution in [3.63, 3.8) is 0 Å². The van der Waals surface area contributed by atoms with Gasteiger partial charge >= 0.3 is 0 Å². The Morgan fingerprint density at radius 1 is 1.35 bits per heavy atom. The first kappa shape index (κ1) is 13.3. The summed E-state index contributed by atoms with van der Waals surface area (Å²) >= 11 is 0. The Labute approximate surface area is 104 Å². The lowest BCUT2D eigenvalue weighted by Crippen LogP contribution is -2.58. The molecule has 2 fully saturated rings. The van der Waals surface area contributed by atoms with Gasteiger partial charge in [0, 0.05) is 31.8 Å². The lowest BCUT2D eigenvalue weighted by molar-refractivity contribution is -0.0664. The number of hydrogen-bond acceptors (Lipinski definition) is 4. The Kier molecular flexibility index (Phi) is 4.42. The summed E-state index contributed by atoms with van der Waals surface area (Å²) in [5, 5.41) is 0. The topological polar surface area (TPSA) is 47.7 Å². The van der Waals surface area contributed by atoms with Crippen molar-refractivity contribution >= 4 is 0 Å². The molecule has 17 heavy (non-hydrogen) atoms. The predicted octanol–water partition coefficient (Wildman–Crippen LogP) is 0.994. The summed E-state index contributed by atoms with van der Waals surface area (Å²) < 4.78 is 11.4. The van der Waals surface area contributed by atoms with E-state index >= 15 is 0 Å². The van der Waals surface area contributed by atoms with Crippen LogP contribution in [0, 0.1) is 0 Å². The zero-order valence-electron chi connectivity index (χ0n) is 11.2. The van der Waals surface area contributed by atoms with Crippen molar-refractivity contribution in [1.82, 2.24) is 4.90 Å². The van der Waals surface area contributed by atoms with Crippen molar-refractivity contribution in [1.29, 1.82) is 0 Å². The van der Waals surface area contributed by atoms with Crippen molar-refractivity contribution in [3.8, 4) is 0 Å². The van der Waals surface area contributed by atoms with Crippen LogP contribution in [0.4, 0.5) is 0 Å². The highest BCUT2D eigenvalue weighted by molar-refractivity contribution is 4.95. The lowest BCUT2D eigenvalue weighted by Gasteiger charge is -2.46. The van der Waals surface area contributed by atoms with Crippen molar-refractivity contribution < 1.29 is 9.47 Å². The number of rotatable bonds is 4. The summed E-state index contributed by atoms with van der Waals surface area (Å²) in [6, 6.07) is 0. The quantitative estimate of drug-likeness (QED) is 0.799. The fourth-order valence-electron chi connectivity index (χ4n) is 3.12. The second-order valence-corrected chi connectivity index (χ2v) is 5.58. The first-order valence-electron chi connectivity index (χ1n) is 6.81. The molecule has 2 N–H and O–H groups in total. The van der Waals surface area contributed by atoms with Gasteiger partial charge in [0.1, 0.15) is 0 Å². The third-order valence-corrected chi connectivity index (χ3v) is 4.33. The molecule has 3 atom stereocenters. The maximum atomic E-state index is 6.04. The normalized spacial score (nSPS) is 38.8. The Morgan fingerprint density at radius 3 is 2.76 bits per heavy atom. The zero-order valence-corrected chi connectivity index (χ0v) is 11.2. The second-order valence-electron chi connectivity index (χ2n) is 5.58. The van der Waals surface area contributed by atoms with Gasteiger partial charge in [-0.3, -0.25) is 4.90 Å². The molecule has 0 bridgehead atoms. The van der Waals surface area contributed by atoms with Gasteiger partial charge in [-0.2, -0.15) is 0 Å². The van der Waals surface area contributed by atoms with Gasteiger partial charge in [-0.25, -0.2) is 0 Å². The molecule has 100 valence electrons. The van der Waals surface area contributed by atoms with Crippen LogP contribution in [0.15, 0.2) is 0 Å². The first-order valence-corrected chi connectivity index (χ1v) is 6.81. The summed E-state index contributed by atoms with van der Waals surface area (Å²) in [4.78, 5) is 2.42. The smallest absolute Gasteiger partial charge is 0.0702 e. The summed E-state index contributed by atoms with van der Waals surface area (Å²) in [5.41, 5.74) is 6.15. The van der Waals surface area contributed by atoms with Gasteiger partial charge in [0.05, 0.1) is 12.2 Å². The van der Waals surface area contributed by atoms with E-state index in [-0.39, 0.29) is 5.54 Å². The Balaban J connectivity index is 1.95. The predicted molar refractivity (Wildman–Crippen MR) is 68.0 cm³/mol. The van der Waals surface area contributed by atoms with Gasteiger partial charge in [0.2, 0.25) is 0 Å². The molecule has 2 aliphatic heterocycles. The van der Waals surface area contributed by atoms with E-state index in [1.54, 1.807) is 0 Å². The average molecular weight is 242 g/mol. The fourth-order valence-corrected chi connectivity index (χ4v) is 3.12. The molecule has 4 nitrogen and oxygen atoms in total. The highest BCUT2D eigenvalue weighted by Gasteiger charge is 2.39. The third-order valence-electron chi connectivity index (χ3n) is 4.33. The molecule has 0 aromatic carbocycles. The largest absolute Gasteiger partial charge is 0.378 e. The summed E-state index contributed by atoms with van der Waals surface area (Å²) in [6.45, 7) is 5.61. The molecule has 2 aliphatic rings. The maximum absolute atomic E-state index is 6.04. The van der Waals surface area contributed by atoms with Crippen molar-refractivity contribution in [2.75, 3.05) is 33.4 Å². The average Bonchev–Trinajstić information content (AvgIpc) is 2.81. The van der Waals surface area contributed by atoms with Gasteiger partial charge in [-0.1, -0.05) is 0 Å². The first-order chi connectivity index (χ1) is 8.16. The number of likely N-dealkylation sites (N-methyl/N-ethyl adjacent to an activating group) is 1. The molecule has 0 aromatic rings. The molecule has 0 radical (unpaired) electrons. The van der Waals surface area contributed by atoms with Gasteiger partial charge < -0.3 is 15.2 Å². The van der Waals surface area contributed by atoms with Crippen molar-refractivity contribution in [3.05, 3.63) is 0 Å². The van der Waals surface area contributed by atoms with Crippen LogP contribution < -0.4 is 5.73 Å². The minimum absolute atomic E-state index is 0.115. The van der Waals surface area contributed by atoms with Crippen LogP contribution in [0.1, 0.15) is 32.6 Å². The highest BCUT2D eigenvalue weighted by atomic mass is 16.5. The minimum atomic E-state index is 0.115. The van der Waals surface area contributed by atoms with Gasteiger partial charge in [0.15, 0.2) is 0 Å². The van der Waals surface area contributed by atoms with Gasteiger partial charge in [-0.15, -0.1) is 0 Å². The SMILES string of the molecule is CC1CC(CN)(N(C)CC2CCCO2)CCO1. The number of ether oxygens (including phenoxy) is 2. The van der Waals surface area contributed by atoms with Gasteiger partial charge in [0.25, 0.3) is 0 Å². The van der Waals surface area contributed by atoms with Crippen LogP contribution in [0.5, 0.6) is 0 Å². The minimum Gasteiger partial charge on any atom is -0.378 e. The standard InChI is InChI=1S/C13H26N2O2/c1-11-8-13(10-14,5-7-16-11)15(2)9-12-4-3-6-17-12/h11-12H,3-10,14H2,1-2H3. The molecular formula is C13H26N2O2. The molecule has 0 aromatic heterocycles. The van der Waals surface area contributed by atoms with Crippen LogP contribution in [0.25, 0.3) is 0 Å². The molecule has 2 rings (SSSR count). The van der Waals surface area contributed by atoms with E-state index < -0.39 is 0 Å². The molecule has 0 aliphatic carbocycles. The van der Waals surface area contributed by atoms with Crippen LogP contribution in [0.2, 0.25) is 0 Å². The van der Waals surface area contributed by atoms with Gasteiger partial charge in [-0.05, 0) is 39.7 Å². The Hall–Kier alpha value is -0.160. The van der Waals surface area contributed by atoms with Crippen LogP contribution in [-0.2, 0) is 9.47 Å². The molecule has 0 saturated carbocycles. The monoisotopic (exact) mass is 242 g/mol. The third kappa shape index (κ3) is 2.99. The number of nitrogens with zero attached hydrogens (tertiary/aromatic N) is 1. The van der Waals surface area contributed by atoms with E-state index in [4.69, 9.17) is 15.2 Å². The van der Waals surface area contributed by atoms with E-state index in [9.17, 15) is 0 Å². The Bertz CT molecular complexity index is 244. The van der Waals surface area contributed by atoms with Crippen molar-refractivity contribution in [2.45, 2.75) is 50.4 Å². The molecule has 2 heterocycles. The second kappa shape index (κ2) is 5.65. The maximum Gasteiger partial charge on any atom is 0.0702 e. The molecule has 4 heteroatoms. The Morgan fingerprint density at radius 2 is 2.18 bits per heavy atom. The van der Waals surface area contributed by atoms with E-state index in [0.29, 0.717) is 18.8 Å². The molecule has 0 spiro atoms. The van der Waals surface area contributed by atoms with E-state index in [0.717, 1.165) is 32.6 Å². The zero-order chi connectivity index (χ0) is 12.3. The molecule has 2 saturated heterocycles.